The van der Waals surface area contributed by atoms with Gasteiger partial charge in [0.2, 0.25) is 0 Å². The summed E-state index contributed by atoms with van der Waals surface area (Å²) >= 11 is 3.44. The zero-order chi connectivity index (χ0) is 18.1. The minimum Gasteiger partial charge on any atom is -0.364 e. The lowest BCUT2D eigenvalue weighted by Gasteiger charge is -2.20. The first-order chi connectivity index (χ1) is 12.6. The zero-order valence-corrected chi connectivity index (χ0v) is 15.7. The van der Waals surface area contributed by atoms with Crippen LogP contribution in [0.2, 0.25) is 0 Å². The molecule has 0 saturated carbocycles. The van der Waals surface area contributed by atoms with E-state index in [9.17, 15) is 9.18 Å². The number of thiophene rings is 1. The highest BCUT2D eigenvalue weighted by Gasteiger charge is 2.21. The number of nitrogens with zero attached hydrogens (tertiary/aromatic N) is 2. The minimum absolute atomic E-state index is 0.208. The van der Waals surface area contributed by atoms with Crippen molar-refractivity contribution in [1.29, 1.82) is 0 Å². The summed E-state index contributed by atoms with van der Waals surface area (Å²) in [5, 5.41) is 9.38. The molecule has 1 amide bonds. The van der Waals surface area contributed by atoms with Crippen molar-refractivity contribution in [3.8, 4) is 10.4 Å². The molecule has 2 aromatic heterocycles. The number of fused-ring (bicyclic) bond motifs is 1. The Bertz CT molecular complexity index is 949. The van der Waals surface area contributed by atoms with Crippen LogP contribution in [0, 0.1) is 11.7 Å². The molecule has 0 radical (unpaired) electrons. The van der Waals surface area contributed by atoms with Gasteiger partial charge < -0.3 is 5.73 Å². The summed E-state index contributed by atoms with van der Waals surface area (Å²) in [6.07, 6.45) is 3.29. The number of carbonyl (C=O) groups is 1. The molecule has 4 rings (SSSR count). The molecule has 1 aliphatic rings. The number of aromatic nitrogens is 2. The van der Waals surface area contributed by atoms with Crippen LogP contribution in [0.3, 0.4) is 0 Å². The van der Waals surface area contributed by atoms with Crippen LogP contribution in [-0.2, 0) is 6.42 Å². The van der Waals surface area contributed by atoms with Gasteiger partial charge in [-0.15, -0.1) is 16.4 Å². The second-order valence-corrected chi connectivity index (χ2v) is 8.71. The molecule has 26 heavy (non-hydrogen) atoms. The maximum Gasteiger partial charge on any atom is 0.270 e. The molecule has 0 spiro atoms. The quantitative estimate of drug-likeness (QED) is 0.725. The molecule has 7 heteroatoms. The number of rotatable bonds is 4. The first kappa shape index (κ1) is 17.4. The second-order valence-electron chi connectivity index (χ2n) is 6.51. The summed E-state index contributed by atoms with van der Waals surface area (Å²) in [6.45, 7) is 0. The fraction of sp³-hybridized carbons (Fsp3) is 0.316. The number of hydrogen-bond acceptors (Lipinski definition) is 5. The molecule has 1 atom stereocenters. The van der Waals surface area contributed by atoms with Crippen molar-refractivity contribution in [2.45, 2.75) is 19.3 Å². The van der Waals surface area contributed by atoms with Gasteiger partial charge in [0.05, 0.1) is 10.4 Å². The molecule has 1 saturated heterocycles. The summed E-state index contributed by atoms with van der Waals surface area (Å²) in [4.78, 5) is 12.7. The van der Waals surface area contributed by atoms with Gasteiger partial charge in [0, 0.05) is 10.3 Å². The molecular formula is C19H18FN3OS2. The second kappa shape index (κ2) is 7.32. The highest BCUT2D eigenvalue weighted by molar-refractivity contribution is 7.99. The zero-order valence-electron chi connectivity index (χ0n) is 14.1. The highest BCUT2D eigenvalue weighted by Crippen LogP contribution is 2.37. The lowest BCUT2D eigenvalue weighted by Crippen LogP contribution is -2.17. The topological polar surface area (TPSA) is 68.9 Å². The van der Waals surface area contributed by atoms with Crippen LogP contribution in [0.1, 0.15) is 29.0 Å². The van der Waals surface area contributed by atoms with Gasteiger partial charge in [-0.05, 0) is 60.4 Å². The van der Waals surface area contributed by atoms with Gasteiger partial charge in [-0.3, -0.25) is 4.79 Å². The Labute approximate surface area is 159 Å². The molecule has 3 aromatic rings. The Kier molecular flexibility index (Phi) is 4.91. The fourth-order valence-electron chi connectivity index (χ4n) is 3.30. The number of halogens is 1. The minimum atomic E-state index is -0.574. The van der Waals surface area contributed by atoms with Crippen molar-refractivity contribution >= 4 is 39.1 Å². The molecule has 1 aromatic carbocycles. The van der Waals surface area contributed by atoms with E-state index in [1.165, 1.54) is 42.1 Å². The maximum atomic E-state index is 13.2. The molecule has 134 valence electrons. The monoisotopic (exact) mass is 387 g/mol. The van der Waals surface area contributed by atoms with E-state index < -0.39 is 5.91 Å². The number of nitrogens with two attached hydrogens (primary N) is 1. The maximum absolute atomic E-state index is 13.2. The average Bonchev–Trinajstić information content (AvgIpc) is 3.09. The van der Waals surface area contributed by atoms with E-state index in [0.717, 1.165) is 38.4 Å². The van der Waals surface area contributed by atoms with Crippen LogP contribution in [-0.4, -0.2) is 27.6 Å². The highest BCUT2D eigenvalue weighted by atomic mass is 32.2. The summed E-state index contributed by atoms with van der Waals surface area (Å²) in [5.41, 5.74) is 7.53. The molecular weight excluding hydrogens is 369 g/mol. The predicted octanol–water partition coefficient (Wildman–Crippen LogP) is 4.28. The Morgan fingerprint density at radius 3 is 2.77 bits per heavy atom. The van der Waals surface area contributed by atoms with E-state index in [4.69, 9.17) is 5.73 Å². The Morgan fingerprint density at radius 2 is 2.08 bits per heavy atom. The number of thioether (sulfide) groups is 1. The van der Waals surface area contributed by atoms with Gasteiger partial charge in [0.15, 0.2) is 5.69 Å². The van der Waals surface area contributed by atoms with E-state index in [1.807, 2.05) is 17.8 Å². The molecule has 0 bridgehead atoms. The smallest absolute Gasteiger partial charge is 0.270 e. The van der Waals surface area contributed by atoms with Gasteiger partial charge in [-0.25, -0.2) is 4.39 Å². The first-order valence-corrected chi connectivity index (χ1v) is 10.5. The van der Waals surface area contributed by atoms with Crippen molar-refractivity contribution in [2.75, 3.05) is 11.5 Å². The summed E-state index contributed by atoms with van der Waals surface area (Å²) in [5.74, 6) is 2.10. The van der Waals surface area contributed by atoms with Crippen molar-refractivity contribution in [2.24, 2.45) is 11.7 Å². The lowest BCUT2D eigenvalue weighted by atomic mass is 9.97. The van der Waals surface area contributed by atoms with Crippen molar-refractivity contribution < 1.29 is 9.18 Å². The molecule has 1 aliphatic heterocycles. The van der Waals surface area contributed by atoms with E-state index in [-0.39, 0.29) is 11.5 Å². The Hall–Kier alpha value is -1.99. The van der Waals surface area contributed by atoms with E-state index in [1.54, 1.807) is 12.1 Å². The number of amides is 1. The van der Waals surface area contributed by atoms with E-state index >= 15 is 0 Å². The molecule has 3 heterocycles. The van der Waals surface area contributed by atoms with Crippen molar-refractivity contribution in [3.05, 3.63) is 47.5 Å². The predicted molar refractivity (Wildman–Crippen MR) is 105 cm³/mol. The van der Waals surface area contributed by atoms with Crippen LogP contribution in [0.5, 0.6) is 0 Å². The van der Waals surface area contributed by atoms with Crippen LogP contribution >= 0.6 is 23.1 Å². The third-order valence-corrected chi connectivity index (χ3v) is 7.10. The number of carbonyl (C=O) groups excluding carboxylic acids is 1. The van der Waals surface area contributed by atoms with Gasteiger partial charge in [-0.1, -0.05) is 12.1 Å². The molecule has 2 N–H and O–H groups in total. The number of hydrogen-bond donors (Lipinski definition) is 1. The summed E-state index contributed by atoms with van der Waals surface area (Å²) < 4.78 is 14.0. The average molecular weight is 388 g/mol. The van der Waals surface area contributed by atoms with Crippen LogP contribution in [0.15, 0.2) is 30.3 Å². The lowest BCUT2D eigenvalue weighted by molar-refractivity contribution is 0.0996. The third kappa shape index (κ3) is 3.46. The molecule has 1 fully saturated rings. The van der Waals surface area contributed by atoms with Crippen LogP contribution in [0.4, 0.5) is 4.39 Å². The van der Waals surface area contributed by atoms with Gasteiger partial charge >= 0.3 is 0 Å². The molecule has 0 aliphatic carbocycles. The van der Waals surface area contributed by atoms with Gasteiger partial charge in [0.25, 0.3) is 5.91 Å². The largest absolute Gasteiger partial charge is 0.364 e. The van der Waals surface area contributed by atoms with Crippen molar-refractivity contribution in [1.82, 2.24) is 10.2 Å². The summed E-state index contributed by atoms with van der Waals surface area (Å²) in [6, 6.07) is 8.38. The van der Waals surface area contributed by atoms with E-state index in [2.05, 4.69) is 10.2 Å². The van der Waals surface area contributed by atoms with Crippen molar-refractivity contribution in [3.63, 3.8) is 0 Å². The normalized spacial score (nSPS) is 17.5. The van der Waals surface area contributed by atoms with Crippen LogP contribution < -0.4 is 5.73 Å². The standard InChI is InChI=1S/C19H18FN3OS2/c20-13-5-3-12(4-6-13)16-9-14-15(8-11-2-1-7-25-10-11)22-23-17(19(21)24)18(14)26-16/h3-6,9,11H,1-2,7-8,10H2,(H2,21,24). The third-order valence-electron chi connectivity index (χ3n) is 4.63. The Morgan fingerprint density at radius 1 is 1.27 bits per heavy atom. The SMILES string of the molecule is NC(=O)c1nnc(CC2CCCSC2)c2cc(-c3ccc(F)cc3)sc12. The van der Waals surface area contributed by atoms with Crippen LogP contribution in [0.25, 0.3) is 20.5 Å². The summed E-state index contributed by atoms with van der Waals surface area (Å²) in [7, 11) is 0. The molecule has 1 unspecified atom stereocenters. The van der Waals surface area contributed by atoms with Gasteiger partial charge in [0.1, 0.15) is 5.82 Å². The number of benzene rings is 1. The fourth-order valence-corrected chi connectivity index (χ4v) is 5.63. The Balaban J connectivity index is 1.78. The number of primary amides is 1. The van der Waals surface area contributed by atoms with E-state index in [0.29, 0.717) is 5.92 Å². The first-order valence-electron chi connectivity index (χ1n) is 8.54. The van der Waals surface area contributed by atoms with Gasteiger partial charge in [-0.2, -0.15) is 16.9 Å². The molecule has 4 nitrogen and oxygen atoms in total.